The Bertz CT molecular complexity index is 409. The van der Waals surface area contributed by atoms with Crippen LogP contribution < -0.4 is 4.74 Å². The first kappa shape index (κ1) is 10.8. The van der Waals surface area contributed by atoms with E-state index < -0.39 is 0 Å². The van der Waals surface area contributed by atoms with Crippen molar-refractivity contribution in [3.05, 3.63) is 27.8 Å². The number of benzene rings is 1. The van der Waals surface area contributed by atoms with Crippen molar-refractivity contribution in [2.24, 2.45) is 0 Å². The number of rotatable bonds is 2. The third-order valence-corrected chi connectivity index (χ3v) is 3.55. The van der Waals surface area contributed by atoms with Crippen LogP contribution in [0.15, 0.2) is 6.07 Å². The molecule has 0 spiro atoms. The quantitative estimate of drug-likeness (QED) is 0.723. The molecule has 1 aromatic carbocycles. The van der Waals surface area contributed by atoms with Crippen LogP contribution in [0.5, 0.6) is 5.75 Å². The van der Waals surface area contributed by atoms with E-state index in [9.17, 15) is 0 Å². The predicted octanol–water partition coefficient (Wildman–Crippen LogP) is 3.21. The van der Waals surface area contributed by atoms with Crippen molar-refractivity contribution >= 4 is 11.6 Å². The average molecular weight is 227 g/mol. The number of hydrogen-bond donors (Lipinski definition) is 0. The van der Waals surface area contributed by atoms with Crippen LogP contribution in [0.3, 0.4) is 0 Å². The molecule has 0 saturated carbocycles. The van der Waals surface area contributed by atoms with Crippen LogP contribution in [0.2, 0.25) is 5.02 Å². The van der Waals surface area contributed by atoms with Gasteiger partial charge in [0, 0.05) is 10.6 Å². The Morgan fingerprint density at radius 2 is 2.07 bits per heavy atom. The molecule has 1 fully saturated rings. The lowest BCUT2D eigenvalue weighted by molar-refractivity contribution is 0.315. The van der Waals surface area contributed by atoms with Gasteiger partial charge in [0.1, 0.15) is 11.4 Å². The van der Waals surface area contributed by atoms with Gasteiger partial charge in [0.25, 0.3) is 0 Å². The van der Waals surface area contributed by atoms with E-state index in [4.69, 9.17) is 21.1 Å². The predicted molar refractivity (Wildman–Crippen MR) is 60.8 cm³/mol. The maximum absolute atomic E-state index is 6.23. The zero-order chi connectivity index (χ0) is 11.2. The third kappa shape index (κ3) is 1.62. The normalized spacial score (nSPS) is 24.1. The molecule has 82 valence electrons. The van der Waals surface area contributed by atoms with E-state index in [1.54, 1.807) is 7.11 Å². The lowest BCUT2D eigenvalue weighted by Gasteiger charge is -2.17. The molecular weight excluding hydrogens is 212 g/mol. The van der Waals surface area contributed by atoms with Gasteiger partial charge in [-0.1, -0.05) is 11.6 Å². The van der Waals surface area contributed by atoms with Gasteiger partial charge in [0.2, 0.25) is 0 Å². The van der Waals surface area contributed by atoms with Gasteiger partial charge < -0.3 is 9.47 Å². The summed E-state index contributed by atoms with van der Waals surface area (Å²) in [5, 5.41) is 0.808. The second-order valence-corrected chi connectivity index (χ2v) is 4.61. The molecule has 0 aromatic heterocycles. The molecule has 15 heavy (non-hydrogen) atoms. The summed E-state index contributed by atoms with van der Waals surface area (Å²) in [6.45, 7) is 6.80. The van der Waals surface area contributed by atoms with E-state index in [0.29, 0.717) is 0 Å². The minimum absolute atomic E-state index is 0.202. The number of halogens is 1. The van der Waals surface area contributed by atoms with E-state index >= 15 is 0 Å². The fourth-order valence-corrected chi connectivity index (χ4v) is 2.14. The van der Waals surface area contributed by atoms with Crippen molar-refractivity contribution in [2.75, 3.05) is 13.7 Å². The summed E-state index contributed by atoms with van der Waals surface area (Å²) in [6, 6.07) is 1.97. The summed E-state index contributed by atoms with van der Waals surface area (Å²) in [7, 11) is 1.68. The average Bonchev–Trinajstić information content (AvgIpc) is 2.92. The van der Waals surface area contributed by atoms with Crippen LogP contribution in [0.4, 0.5) is 0 Å². The Hall–Kier alpha value is -0.730. The molecule has 1 heterocycles. The lowest BCUT2D eigenvalue weighted by atomic mass is 9.94. The molecule has 1 aromatic rings. The van der Waals surface area contributed by atoms with E-state index in [1.165, 1.54) is 0 Å². The molecule has 1 atom stereocenters. The summed E-state index contributed by atoms with van der Waals surface area (Å²) >= 11 is 6.23. The van der Waals surface area contributed by atoms with Crippen LogP contribution in [0, 0.1) is 13.8 Å². The molecule has 1 saturated heterocycles. The standard InChI is InChI=1S/C12H15ClO2/c1-7-5-9(14-4)10(8(2)11(7)13)12(3)6-15-12/h5H,6H2,1-4H3. The first-order chi connectivity index (χ1) is 6.99. The summed E-state index contributed by atoms with van der Waals surface area (Å²) in [6.07, 6.45) is 0. The lowest BCUT2D eigenvalue weighted by Crippen LogP contribution is -2.08. The third-order valence-electron chi connectivity index (χ3n) is 2.97. The molecule has 2 rings (SSSR count). The Morgan fingerprint density at radius 1 is 1.47 bits per heavy atom. The zero-order valence-electron chi connectivity index (χ0n) is 9.48. The maximum atomic E-state index is 6.23. The minimum atomic E-state index is -0.202. The van der Waals surface area contributed by atoms with E-state index in [2.05, 4.69) is 6.92 Å². The number of hydrogen-bond acceptors (Lipinski definition) is 2. The van der Waals surface area contributed by atoms with Crippen LogP contribution in [0.25, 0.3) is 0 Å². The summed E-state index contributed by atoms with van der Waals surface area (Å²) < 4.78 is 10.9. The highest BCUT2D eigenvalue weighted by atomic mass is 35.5. The molecule has 1 aliphatic rings. The summed E-state index contributed by atoms with van der Waals surface area (Å²) in [5.74, 6) is 0.870. The highest BCUT2D eigenvalue weighted by molar-refractivity contribution is 6.32. The molecule has 0 aliphatic carbocycles. The van der Waals surface area contributed by atoms with Gasteiger partial charge in [-0.3, -0.25) is 0 Å². The monoisotopic (exact) mass is 226 g/mol. The second-order valence-electron chi connectivity index (χ2n) is 4.23. The molecule has 1 aliphatic heterocycles. The highest BCUT2D eigenvalue weighted by Crippen LogP contribution is 2.46. The number of epoxide rings is 1. The second kappa shape index (κ2) is 3.39. The minimum Gasteiger partial charge on any atom is -0.496 e. The SMILES string of the molecule is COc1cc(C)c(Cl)c(C)c1C1(C)CO1. The van der Waals surface area contributed by atoms with Crippen molar-refractivity contribution in [2.45, 2.75) is 26.4 Å². The zero-order valence-corrected chi connectivity index (χ0v) is 10.2. The number of ether oxygens (including phenoxy) is 2. The number of aryl methyl sites for hydroxylation is 1. The van der Waals surface area contributed by atoms with Crippen LogP contribution in [0.1, 0.15) is 23.6 Å². The highest BCUT2D eigenvalue weighted by Gasteiger charge is 2.45. The first-order valence-electron chi connectivity index (χ1n) is 4.98. The Morgan fingerprint density at radius 3 is 2.53 bits per heavy atom. The Kier molecular flexibility index (Phi) is 2.44. The molecule has 0 bridgehead atoms. The fourth-order valence-electron chi connectivity index (χ4n) is 1.99. The van der Waals surface area contributed by atoms with Gasteiger partial charge in [-0.2, -0.15) is 0 Å². The van der Waals surface area contributed by atoms with Gasteiger partial charge in [0.15, 0.2) is 0 Å². The molecular formula is C12H15ClO2. The summed E-state index contributed by atoms with van der Waals surface area (Å²) in [5.41, 5.74) is 2.99. The van der Waals surface area contributed by atoms with Crippen molar-refractivity contribution in [1.29, 1.82) is 0 Å². The molecule has 3 heteroatoms. The van der Waals surface area contributed by atoms with Crippen molar-refractivity contribution in [1.82, 2.24) is 0 Å². The van der Waals surface area contributed by atoms with E-state index in [0.717, 1.165) is 34.1 Å². The Balaban J connectivity index is 2.65. The van der Waals surface area contributed by atoms with Crippen molar-refractivity contribution in [3.63, 3.8) is 0 Å². The molecule has 0 amide bonds. The molecule has 2 nitrogen and oxygen atoms in total. The van der Waals surface area contributed by atoms with Gasteiger partial charge in [-0.15, -0.1) is 0 Å². The van der Waals surface area contributed by atoms with Crippen LogP contribution in [-0.4, -0.2) is 13.7 Å². The van der Waals surface area contributed by atoms with Gasteiger partial charge in [0.05, 0.1) is 13.7 Å². The maximum Gasteiger partial charge on any atom is 0.125 e. The van der Waals surface area contributed by atoms with Crippen molar-refractivity contribution < 1.29 is 9.47 Å². The van der Waals surface area contributed by atoms with Crippen LogP contribution >= 0.6 is 11.6 Å². The molecule has 0 radical (unpaired) electrons. The van der Waals surface area contributed by atoms with Crippen molar-refractivity contribution in [3.8, 4) is 5.75 Å². The smallest absolute Gasteiger partial charge is 0.125 e. The van der Waals surface area contributed by atoms with E-state index in [-0.39, 0.29) is 5.60 Å². The van der Waals surface area contributed by atoms with Crippen LogP contribution in [-0.2, 0) is 10.3 Å². The largest absolute Gasteiger partial charge is 0.496 e. The summed E-state index contributed by atoms with van der Waals surface area (Å²) in [4.78, 5) is 0. The number of methoxy groups -OCH3 is 1. The van der Waals surface area contributed by atoms with Gasteiger partial charge >= 0.3 is 0 Å². The van der Waals surface area contributed by atoms with Gasteiger partial charge in [-0.25, -0.2) is 0 Å². The molecule has 1 unspecified atom stereocenters. The Labute approximate surface area is 95.1 Å². The van der Waals surface area contributed by atoms with Gasteiger partial charge in [-0.05, 0) is 38.0 Å². The molecule has 0 N–H and O–H groups in total. The fraction of sp³-hybridized carbons (Fsp3) is 0.500. The topological polar surface area (TPSA) is 21.8 Å². The first-order valence-corrected chi connectivity index (χ1v) is 5.35. The van der Waals surface area contributed by atoms with E-state index in [1.807, 2.05) is 19.9 Å².